The maximum Gasteiger partial charge on any atom is 0.407 e. The molecule has 0 unspecified atom stereocenters. The van der Waals surface area contributed by atoms with Gasteiger partial charge in [-0.05, 0) is 43.5 Å². The van der Waals surface area contributed by atoms with E-state index in [0.29, 0.717) is 54.2 Å². The first-order chi connectivity index (χ1) is 16.9. The Morgan fingerprint density at radius 1 is 1.11 bits per heavy atom. The molecule has 1 fully saturated rings. The number of anilines is 1. The van der Waals surface area contributed by atoms with E-state index in [1.165, 1.54) is 4.90 Å². The highest BCUT2D eigenvalue weighted by molar-refractivity contribution is 6.32. The predicted molar refractivity (Wildman–Crippen MR) is 133 cm³/mol. The number of halogens is 1. The largest absolute Gasteiger partial charge is 0.489 e. The zero-order valence-corrected chi connectivity index (χ0v) is 20.1. The molecule has 0 bridgehead atoms. The van der Waals surface area contributed by atoms with E-state index in [4.69, 9.17) is 20.9 Å². The van der Waals surface area contributed by atoms with E-state index in [1.54, 1.807) is 18.3 Å². The molecule has 0 spiro atoms. The van der Waals surface area contributed by atoms with Crippen LogP contribution in [0.1, 0.15) is 13.8 Å². The molecule has 0 aliphatic carbocycles. The SMILES string of the molecule is CC(C)Oc1ccc(-c2nc(-c3cccc4c(N5CCN(C(=O)O)CC5)nccc34)no2)cc1Cl. The Bertz CT molecular complexity index is 1380. The minimum Gasteiger partial charge on any atom is -0.489 e. The number of hydrogen-bond acceptors (Lipinski definition) is 7. The average molecular weight is 494 g/mol. The van der Waals surface area contributed by atoms with Crippen LogP contribution < -0.4 is 9.64 Å². The summed E-state index contributed by atoms with van der Waals surface area (Å²) in [6.45, 7) is 5.90. The molecule has 2 aromatic carbocycles. The maximum absolute atomic E-state index is 11.2. The molecule has 0 saturated carbocycles. The lowest BCUT2D eigenvalue weighted by molar-refractivity contribution is 0.142. The Kier molecular flexibility index (Phi) is 6.17. The standard InChI is InChI=1S/C25H24ClN5O4/c1-15(2)34-21-7-6-16(14-20(21)26)24-28-22(29-35-24)18-4-3-5-19-17(18)8-9-27-23(19)30-10-12-31(13-11-30)25(32)33/h3-9,14-15H,10-13H2,1-2H3,(H,32,33). The summed E-state index contributed by atoms with van der Waals surface area (Å²) >= 11 is 6.38. The van der Waals surface area contributed by atoms with Gasteiger partial charge in [-0.15, -0.1) is 0 Å². The van der Waals surface area contributed by atoms with Crippen molar-refractivity contribution in [2.24, 2.45) is 0 Å². The molecule has 2 aromatic heterocycles. The lowest BCUT2D eigenvalue weighted by atomic mass is 10.0. The quantitative estimate of drug-likeness (QED) is 0.405. The zero-order valence-electron chi connectivity index (χ0n) is 19.3. The van der Waals surface area contributed by atoms with E-state index in [2.05, 4.69) is 20.0 Å². The fourth-order valence-corrected chi connectivity index (χ4v) is 4.41. The molecule has 35 heavy (non-hydrogen) atoms. The minimum atomic E-state index is -0.894. The number of benzene rings is 2. The zero-order chi connectivity index (χ0) is 24.5. The molecule has 0 atom stereocenters. The number of piperazine rings is 1. The van der Waals surface area contributed by atoms with Crippen molar-refractivity contribution in [3.05, 3.63) is 53.7 Å². The van der Waals surface area contributed by atoms with Crippen molar-refractivity contribution in [1.29, 1.82) is 0 Å². The summed E-state index contributed by atoms with van der Waals surface area (Å²) in [5.74, 6) is 2.22. The molecule has 3 heterocycles. The van der Waals surface area contributed by atoms with Gasteiger partial charge in [0.25, 0.3) is 5.89 Å². The molecular weight excluding hydrogens is 470 g/mol. The molecule has 180 valence electrons. The number of carbonyl (C=O) groups is 1. The van der Waals surface area contributed by atoms with Gasteiger partial charge in [-0.3, -0.25) is 0 Å². The van der Waals surface area contributed by atoms with Gasteiger partial charge in [0.1, 0.15) is 11.6 Å². The van der Waals surface area contributed by atoms with Gasteiger partial charge in [-0.1, -0.05) is 35.0 Å². The third kappa shape index (κ3) is 4.59. The van der Waals surface area contributed by atoms with Crippen molar-refractivity contribution in [3.63, 3.8) is 0 Å². The van der Waals surface area contributed by atoms with Crippen LogP contribution in [-0.4, -0.2) is 63.5 Å². The number of hydrogen-bond donors (Lipinski definition) is 1. The van der Waals surface area contributed by atoms with E-state index in [-0.39, 0.29) is 6.10 Å². The van der Waals surface area contributed by atoms with Crippen molar-refractivity contribution in [3.8, 4) is 28.6 Å². The van der Waals surface area contributed by atoms with Gasteiger partial charge in [-0.2, -0.15) is 4.98 Å². The van der Waals surface area contributed by atoms with E-state index >= 15 is 0 Å². The average Bonchev–Trinajstić information content (AvgIpc) is 3.34. The number of aromatic nitrogens is 3. The van der Waals surface area contributed by atoms with Crippen molar-refractivity contribution in [1.82, 2.24) is 20.0 Å². The van der Waals surface area contributed by atoms with Crippen LogP contribution in [0.15, 0.2) is 53.2 Å². The number of amides is 1. The minimum absolute atomic E-state index is 0.0140. The number of ether oxygens (including phenoxy) is 1. The van der Waals surface area contributed by atoms with E-state index in [1.807, 2.05) is 44.2 Å². The van der Waals surface area contributed by atoms with Gasteiger partial charge < -0.3 is 24.2 Å². The van der Waals surface area contributed by atoms with Gasteiger partial charge >= 0.3 is 6.09 Å². The highest BCUT2D eigenvalue weighted by Gasteiger charge is 2.23. The number of rotatable bonds is 5. The third-order valence-corrected chi connectivity index (χ3v) is 6.14. The smallest absolute Gasteiger partial charge is 0.407 e. The Hall–Kier alpha value is -3.85. The van der Waals surface area contributed by atoms with Crippen molar-refractivity contribution < 1.29 is 19.2 Å². The lowest BCUT2D eigenvalue weighted by Gasteiger charge is -2.34. The second-order valence-electron chi connectivity index (χ2n) is 8.53. The van der Waals surface area contributed by atoms with E-state index in [9.17, 15) is 9.90 Å². The van der Waals surface area contributed by atoms with Crippen molar-refractivity contribution in [2.45, 2.75) is 20.0 Å². The van der Waals surface area contributed by atoms with Crippen LogP contribution in [0.5, 0.6) is 5.75 Å². The number of carboxylic acid groups (broad SMARTS) is 1. The van der Waals surface area contributed by atoms with Crippen molar-refractivity contribution in [2.75, 3.05) is 31.1 Å². The summed E-state index contributed by atoms with van der Waals surface area (Å²) in [4.78, 5) is 24.0. The molecule has 1 saturated heterocycles. The van der Waals surface area contributed by atoms with Crippen LogP contribution >= 0.6 is 11.6 Å². The summed E-state index contributed by atoms with van der Waals surface area (Å²) < 4.78 is 11.3. The first-order valence-corrected chi connectivity index (χ1v) is 11.7. The van der Waals surface area contributed by atoms with Crippen LogP contribution in [0.25, 0.3) is 33.6 Å². The van der Waals surface area contributed by atoms with Crippen LogP contribution in [0, 0.1) is 0 Å². The number of nitrogens with zero attached hydrogens (tertiary/aromatic N) is 5. The number of fused-ring (bicyclic) bond motifs is 1. The Morgan fingerprint density at radius 2 is 1.91 bits per heavy atom. The first kappa shape index (κ1) is 22.9. The summed E-state index contributed by atoms with van der Waals surface area (Å²) in [5.41, 5.74) is 1.51. The second-order valence-corrected chi connectivity index (χ2v) is 8.93. The molecule has 1 aliphatic rings. The predicted octanol–water partition coefficient (Wildman–Crippen LogP) is 5.19. The first-order valence-electron chi connectivity index (χ1n) is 11.3. The summed E-state index contributed by atoms with van der Waals surface area (Å²) in [6, 6.07) is 13.2. The van der Waals surface area contributed by atoms with Crippen LogP contribution in [-0.2, 0) is 0 Å². The van der Waals surface area contributed by atoms with E-state index < -0.39 is 6.09 Å². The Labute approximate surface area is 206 Å². The Balaban J connectivity index is 1.45. The van der Waals surface area contributed by atoms with E-state index in [0.717, 1.165) is 22.2 Å². The van der Waals surface area contributed by atoms with Crippen molar-refractivity contribution >= 4 is 34.3 Å². The summed E-state index contributed by atoms with van der Waals surface area (Å²) in [6.07, 6.45) is 0.869. The molecule has 9 nitrogen and oxygen atoms in total. The molecule has 1 amide bonds. The van der Waals surface area contributed by atoms with Gasteiger partial charge in [-0.25, -0.2) is 9.78 Å². The topological polar surface area (TPSA) is 105 Å². The lowest BCUT2D eigenvalue weighted by Crippen LogP contribution is -2.48. The molecule has 4 aromatic rings. The second kappa shape index (κ2) is 9.42. The summed E-state index contributed by atoms with van der Waals surface area (Å²) in [7, 11) is 0. The molecule has 1 N–H and O–H groups in total. The van der Waals surface area contributed by atoms with Gasteiger partial charge in [0.15, 0.2) is 0 Å². The Morgan fingerprint density at radius 3 is 2.63 bits per heavy atom. The summed E-state index contributed by atoms with van der Waals surface area (Å²) in [5, 5.41) is 15.8. The molecule has 10 heteroatoms. The number of pyridine rings is 1. The molecule has 5 rings (SSSR count). The normalized spacial score (nSPS) is 14.1. The fraction of sp³-hybridized carbons (Fsp3) is 0.280. The third-order valence-electron chi connectivity index (χ3n) is 5.84. The highest BCUT2D eigenvalue weighted by Crippen LogP contribution is 2.34. The molecular formula is C25H24ClN5O4. The monoisotopic (exact) mass is 493 g/mol. The fourth-order valence-electron chi connectivity index (χ4n) is 4.18. The molecule has 1 aliphatic heterocycles. The molecule has 0 radical (unpaired) electrons. The van der Waals surface area contributed by atoms with Gasteiger partial charge in [0.2, 0.25) is 5.82 Å². The highest BCUT2D eigenvalue weighted by atomic mass is 35.5. The van der Waals surface area contributed by atoms with Crippen LogP contribution in [0.3, 0.4) is 0 Å². The van der Waals surface area contributed by atoms with Gasteiger partial charge in [0, 0.05) is 48.9 Å². The van der Waals surface area contributed by atoms with Crippen LogP contribution in [0.2, 0.25) is 5.02 Å². The van der Waals surface area contributed by atoms with Gasteiger partial charge in [0.05, 0.1) is 11.1 Å². The van der Waals surface area contributed by atoms with Crippen LogP contribution in [0.4, 0.5) is 10.6 Å². The maximum atomic E-state index is 11.2.